The van der Waals surface area contributed by atoms with E-state index in [0.29, 0.717) is 73.1 Å². The summed E-state index contributed by atoms with van der Waals surface area (Å²) in [6, 6.07) is 80.9. The smallest absolute Gasteiger partial charge is 0.0622 e. The summed E-state index contributed by atoms with van der Waals surface area (Å²) in [6.45, 7) is 25.0. The van der Waals surface area contributed by atoms with E-state index in [2.05, 4.69) is 266 Å². The quantitative estimate of drug-likeness (QED) is 0.0265. The molecular formula is C102H106Cl6F12N19NaO2P2Pd. The fraction of sp³-hybridized carbons (Fsp3) is 0.225. The number of piperazine rings is 3. The molecule has 15 aromatic rings. The molecule has 6 aromatic carbocycles. The van der Waals surface area contributed by atoms with Crippen LogP contribution < -0.4 is 67.1 Å². The molecule has 0 atom stereocenters. The third-order valence-corrected chi connectivity index (χ3v) is 23.9. The number of esters is 1. The molecule has 0 spiro atoms. The average Bonchev–Trinajstić information content (AvgIpc) is 0.818. The van der Waals surface area contributed by atoms with Crippen LogP contribution in [0.25, 0.3) is 49.9 Å². The molecule has 21 nitrogen and oxygen atoms in total. The van der Waals surface area contributed by atoms with E-state index in [1.807, 2.05) is 0 Å². The Morgan fingerprint density at radius 2 is 0.621 bits per heavy atom. The zero-order chi connectivity index (χ0) is 99.4. The first-order valence-corrected chi connectivity index (χ1v) is 48.3. The zero-order valence-electron chi connectivity index (χ0n) is 73.9. The number of carbonyl (C=O) groups excluding carboxylic acids is 1. The number of aryl methyl sites for hydroxylation is 1. The molecule has 2 N–H and O–H groups in total. The number of hydrogen-bond acceptors (Lipinski definition) is 20. The van der Waals surface area contributed by atoms with Crippen molar-refractivity contribution in [3.8, 4) is 45.0 Å². The van der Waals surface area contributed by atoms with Gasteiger partial charge in [0.25, 0.3) is 5.82 Å². The summed E-state index contributed by atoms with van der Waals surface area (Å²) < 4.78 is 154. The van der Waals surface area contributed by atoms with Crippen molar-refractivity contribution in [2.45, 2.75) is 115 Å². The maximum Gasteiger partial charge on any atom is 1.00 e. The van der Waals surface area contributed by atoms with Crippen LogP contribution in [-0.2, 0) is 63.1 Å². The Morgan fingerprint density at radius 1 is 0.379 bits per heavy atom. The molecule has 3 aliphatic heterocycles. The summed E-state index contributed by atoms with van der Waals surface area (Å²) in [5.74, 6) is -0.219. The first kappa shape index (κ1) is 134. The third kappa shape index (κ3) is 47.2. The van der Waals surface area contributed by atoms with Gasteiger partial charge in [-0.2, -0.15) is 52.7 Å². The van der Waals surface area contributed by atoms with Crippen LogP contribution in [0.1, 0.15) is 106 Å². The van der Waals surface area contributed by atoms with Gasteiger partial charge in [-0.1, -0.05) is 268 Å². The molecule has 9 aromatic heterocycles. The Balaban J connectivity index is 0.00000163. The number of fused-ring (bicyclic) bond motifs is 3. The predicted molar refractivity (Wildman–Crippen MR) is 554 cm³/mol. The minimum Gasteiger partial charge on any atom is -0.0622 e. The van der Waals surface area contributed by atoms with Gasteiger partial charge in [-0.05, 0) is 135 Å². The second-order valence-corrected chi connectivity index (χ2v) is 36.9. The average molecular weight is 2260 g/mol. The number of hydrogen-bond donors (Lipinski definition) is 1. The molecule has 18 rings (SSSR count). The monoisotopic (exact) mass is 2260 g/mol. The van der Waals surface area contributed by atoms with E-state index in [4.69, 9.17) is 82.7 Å². The maximum absolute atomic E-state index is 12.5. The SMILES string of the molecule is C.C.C.C.C.C.C1CN2CCN1CC2.CC(C)(C)OC(=O)CCc1cc(-c2ccc(C(F)(F)F)nc2)ncn1.Cl.Clc1cc(Cl)ncn1.FC(F)(F)c1ccc(-c2cc(Cl)ncn2)cn1.NCc1cc(-c2ccc(C(F)(F)F)nc2)ncn1.[C-]#N.[C-]#[N+]c1cc(-c2ccc(C(F)(F)F)nc2)ncn1.[Cl][Pd][Cl].[Na+].c1ccc(P(c2ccccc2)c2ccccc2)cc1.c1ccc(P(c2ccccc2)c2ccccc2)cc1. The Kier molecular flexibility index (Phi) is 63.3. The van der Waals surface area contributed by atoms with E-state index >= 15 is 0 Å². The van der Waals surface area contributed by atoms with Crippen molar-refractivity contribution in [3.63, 3.8) is 0 Å². The number of nitrogens with zero attached hydrogens (tertiary/aromatic N) is 18. The van der Waals surface area contributed by atoms with E-state index in [-0.39, 0.29) is 132 Å². The summed E-state index contributed by atoms with van der Waals surface area (Å²) in [7, 11) is 8.74. The van der Waals surface area contributed by atoms with Crippen LogP contribution in [0.4, 0.5) is 58.5 Å². The topological polar surface area (TPSA) is 267 Å². The Morgan fingerprint density at radius 3 is 0.848 bits per heavy atom. The molecule has 768 valence electrons. The minimum absolute atomic E-state index is 0. The summed E-state index contributed by atoms with van der Waals surface area (Å²) in [5.41, 5.74) is 5.75. The van der Waals surface area contributed by atoms with Gasteiger partial charge in [0.2, 0.25) is 6.33 Å². The molecule has 2 bridgehead atoms. The van der Waals surface area contributed by atoms with Crippen LogP contribution in [-0.4, -0.2) is 130 Å². The fourth-order valence-electron chi connectivity index (χ4n) is 12.1. The summed E-state index contributed by atoms with van der Waals surface area (Å²) in [4.78, 5) is 71.7. The normalized spacial score (nSPS) is 12.2. The van der Waals surface area contributed by atoms with Crippen LogP contribution >= 0.6 is 82.1 Å². The number of rotatable bonds is 14. The van der Waals surface area contributed by atoms with Gasteiger partial charge in [-0.15, -0.1) is 17.4 Å². The van der Waals surface area contributed by atoms with Crippen LogP contribution in [0.3, 0.4) is 0 Å². The molecule has 3 fully saturated rings. The van der Waals surface area contributed by atoms with Gasteiger partial charge < -0.3 is 27.1 Å². The first-order chi connectivity index (χ1) is 65.6. The summed E-state index contributed by atoms with van der Waals surface area (Å²) >= 11 is 16.4. The van der Waals surface area contributed by atoms with Gasteiger partial charge in [0.15, 0.2) is 0 Å². The molecular weight excluding hydrogens is 2160 g/mol. The molecule has 0 saturated carbocycles. The minimum atomic E-state index is -4.48. The van der Waals surface area contributed by atoms with Crippen molar-refractivity contribution < 1.29 is 108 Å². The van der Waals surface area contributed by atoms with E-state index in [1.165, 1.54) is 145 Å². The van der Waals surface area contributed by atoms with Gasteiger partial charge in [0.1, 0.15) is 69.1 Å². The van der Waals surface area contributed by atoms with Crippen molar-refractivity contribution in [1.29, 1.82) is 5.26 Å². The fourth-order valence-corrected chi connectivity index (χ4v) is 17.2. The number of ether oxygens (including phenoxy) is 1. The van der Waals surface area contributed by atoms with Gasteiger partial charge >= 0.3 is 95.2 Å². The molecule has 43 heteroatoms. The van der Waals surface area contributed by atoms with E-state index in [0.717, 1.165) is 49.1 Å². The summed E-state index contributed by atoms with van der Waals surface area (Å²) in [5, 5.41) is 15.6. The number of nitrogens with two attached hydrogens (primary N) is 1. The van der Waals surface area contributed by atoms with Crippen molar-refractivity contribution >= 4 is 126 Å². The van der Waals surface area contributed by atoms with E-state index < -0.39 is 68.9 Å². The largest absolute Gasteiger partial charge is 1.00 e. The van der Waals surface area contributed by atoms with Gasteiger partial charge in [-0.3, -0.25) is 34.5 Å². The van der Waals surface area contributed by atoms with Crippen LogP contribution in [0.2, 0.25) is 15.5 Å². The number of carbonyl (C=O) groups is 1. The Bertz CT molecular complexity index is 5850. The number of aromatic nitrogens is 14. The summed E-state index contributed by atoms with van der Waals surface area (Å²) in [6.07, 6.45) is -6.58. The van der Waals surface area contributed by atoms with Crippen molar-refractivity contribution in [3.05, 3.63) is 385 Å². The van der Waals surface area contributed by atoms with Gasteiger partial charge in [0, 0.05) is 117 Å². The molecule has 145 heavy (non-hydrogen) atoms. The van der Waals surface area contributed by atoms with Crippen LogP contribution in [0.5, 0.6) is 0 Å². The van der Waals surface area contributed by atoms with Crippen molar-refractivity contribution in [2.24, 2.45) is 5.73 Å². The Hall–Kier alpha value is -10.9. The third-order valence-electron chi connectivity index (χ3n) is 18.3. The molecule has 12 heterocycles. The molecule has 0 amide bonds. The predicted octanol–water partition coefficient (Wildman–Crippen LogP) is 23.2. The second-order valence-electron chi connectivity index (χ2n) is 29.0. The van der Waals surface area contributed by atoms with E-state index in [9.17, 15) is 57.5 Å². The van der Waals surface area contributed by atoms with Crippen molar-refractivity contribution in [2.75, 3.05) is 39.3 Å². The van der Waals surface area contributed by atoms with E-state index in [1.54, 1.807) is 32.9 Å². The maximum atomic E-state index is 12.5. The van der Waals surface area contributed by atoms with Gasteiger partial charge in [-0.25, -0.2) is 44.9 Å². The molecule has 0 unspecified atom stereocenters. The molecule has 3 saturated heterocycles. The Labute approximate surface area is 900 Å². The number of pyridine rings is 4. The zero-order valence-corrected chi connectivity index (χ0v) is 83.8. The number of benzene rings is 6. The standard InChI is InChI=1S/2C18H15P.C17H18F3N3O2.C11H5F3N4.C11H9F3N4.C10H5ClF3N3.C6H12N2.C4H2Cl2N2.CN.6CH4.3ClH.Na.Pd/c2*1-4-10-16(11-5-1)19(17-12-6-2-7-13-17)18-14-8-3-9-15-18;1-16(2,3)25-15(24)7-5-12-8-13(23-10-22-12)11-4-6-14(21-9-11)17(18,19)20;1-15-10-4-8(17-6-18-10)7-2-3-9(16-5-7)11(12,13)14;12-11(13,14)10-2-1-7(5-16-10)9-3-8(4-15)17-6-18-9;11-9-3-7(16-5-17-9)6-1-2-8(15-4-6)10(12,13)14;1-2-8-5-3-7(1)4-6-8;5-3-1-4(6)8-2-7-3;1-2;;;;;;;;;;;/h2*1-15H;4,6,8-10H,5,7H2,1-3H3;2-6H;1-3,5-6H,4,15H2;1-5H;1-6H2;1-2H;;6*1H4;3*1H;;/q;;;;;;;;-1;;;;;;;;;;+1;+2/p-2. The second kappa shape index (κ2) is 68.5. The number of halogens is 18. The molecule has 3 aliphatic rings. The molecule has 0 radical (unpaired) electrons. The van der Waals surface area contributed by atoms with Crippen LogP contribution in [0, 0.1) is 18.4 Å². The van der Waals surface area contributed by atoms with Crippen LogP contribution in [0.15, 0.2) is 317 Å². The van der Waals surface area contributed by atoms with Crippen molar-refractivity contribution in [1.82, 2.24) is 79.6 Å². The number of alkyl halides is 12. The first-order valence-electron chi connectivity index (χ1n) is 40.5. The molecule has 0 aliphatic carbocycles. The van der Waals surface area contributed by atoms with Gasteiger partial charge in [0.05, 0.1) is 34.9 Å².